The van der Waals surface area contributed by atoms with Gasteiger partial charge in [0.2, 0.25) is 0 Å². The molecule has 0 spiro atoms. The van der Waals surface area contributed by atoms with Crippen LogP contribution >= 0.6 is 11.3 Å². The normalized spacial score (nSPS) is 16.5. The number of hydrogen-bond donors (Lipinski definition) is 0. The van der Waals surface area contributed by atoms with Gasteiger partial charge in [0, 0.05) is 24.4 Å². The summed E-state index contributed by atoms with van der Waals surface area (Å²) >= 11 is 1.47. The van der Waals surface area contributed by atoms with E-state index in [0.29, 0.717) is 18.7 Å². The number of aromatic nitrogens is 1. The van der Waals surface area contributed by atoms with Gasteiger partial charge in [0.1, 0.15) is 22.9 Å². The number of para-hydroxylation sites is 1. The second-order valence-corrected chi connectivity index (χ2v) is 8.87. The third-order valence-corrected chi connectivity index (χ3v) is 6.61. The molecule has 5 rings (SSSR count). The molecule has 0 saturated carbocycles. The summed E-state index contributed by atoms with van der Waals surface area (Å²) in [6.45, 7) is 2.60. The Hall–Kier alpha value is -2.99. The average Bonchev–Trinajstić information content (AvgIpc) is 3.46. The van der Waals surface area contributed by atoms with Crippen molar-refractivity contribution in [2.24, 2.45) is 0 Å². The zero-order valence-electron chi connectivity index (χ0n) is 16.6. The molecule has 3 heterocycles. The molecule has 1 amide bonds. The van der Waals surface area contributed by atoms with Gasteiger partial charge in [0.05, 0.1) is 9.88 Å². The van der Waals surface area contributed by atoms with Crippen LogP contribution in [0.1, 0.15) is 34.1 Å². The molecule has 1 aliphatic rings. The van der Waals surface area contributed by atoms with Gasteiger partial charge in [-0.2, -0.15) is 0 Å². The van der Waals surface area contributed by atoms with Crippen LogP contribution in [0.5, 0.6) is 0 Å². The van der Waals surface area contributed by atoms with E-state index in [9.17, 15) is 9.18 Å². The fraction of sp³-hybridized carbons (Fsp3) is 0.250. The maximum Gasteiger partial charge on any atom is 0.274 e. The molecule has 0 N–H and O–H groups in total. The molecule has 2 aromatic carbocycles. The molecular weight excluding hydrogens is 399 g/mol. The number of furan rings is 1. The van der Waals surface area contributed by atoms with E-state index in [4.69, 9.17) is 4.42 Å². The predicted octanol–water partition coefficient (Wildman–Crippen LogP) is 5.85. The molecule has 0 aliphatic carbocycles. The first-order valence-electron chi connectivity index (χ1n) is 10.1. The van der Waals surface area contributed by atoms with Crippen molar-refractivity contribution >= 4 is 28.2 Å². The monoisotopic (exact) mass is 420 g/mol. The molecule has 0 radical (unpaired) electrons. The molecule has 1 aliphatic heterocycles. The summed E-state index contributed by atoms with van der Waals surface area (Å²) in [5.74, 6) is 0.546. The van der Waals surface area contributed by atoms with Crippen molar-refractivity contribution in [2.75, 3.05) is 6.54 Å². The lowest BCUT2D eigenvalue weighted by Crippen LogP contribution is -2.37. The fourth-order valence-electron chi connectivity index (χ4n) is 4.19. The Morgan fingerprint density at radius 3 is 2.83 bits per heavy atom. The quantitative estimate of drug-likeness (QED) is 0.416. The van der Waals surface area contributed by atoms with E-state index in [1.807, 2.05) is 36.1 Å². The average molecular weight is 421 g/mol. The molecule has 6 heteroatoms. The number of carbonyl (C=O) groups excluding carboxylic acids is 1. The Balaban J connectivity index is 1.42. The van der Waals surface area contributed by atoms with Crippen LogP contribution < -0.4 is 0 Å². The number of amides is 1. The molecule has 152 valence electrons. The standard InChI is InChI=1S/C24H21FN2O2S/c1-15-26-22(23(30-15)16-8-10-18(25)11-9-16)24(28)27-12-4-6-19(27)14-20-13-17-5-2-3-7-21(17)29-20/h2-3,5,7-11,13,19H,4,6,12,14H2,1H3. The van der Waals surface area contributed by atoms with E-state index < -0.39 is 0 Å². The van der Waals surface area contributed by atoms with Crippen molar-refractivity contribution < 1.29 is 13.6 Å². The lowest BCUT2D eigenvalue weighted by atomic mass is 10.1. The van der Waals surface area contributed by atoms with E-state index in [1.165, 1.54) is 23.5 Å². The first-order chi connectivity index (χ1) is 14.6. The van der Waals surface area contributed by atoms with E-state index in [2.05, 4.69) is 11.1 Å². The number of thiazole rings is 1. The third kappa shape index (κ3) is 3.52. The predicted molar refractivity (Wildman–Crippen MR) is 116 cm³/mol. The maximum atomic E-state index is 13.5. The van der Waals surface area contributed by atoms with Gasteiger partial charge in [0.25, 0.3) is 5.91 Å². The summed E-state index contributed by atoms with van der Waals surface area (Å²) in [6.07, 6.45) is 2.60. The number of aryl methyl sites for hydroxylation is 1. The third-order valence-electron chi connectivity index (χ3n) is 5.59. The number of hydrogen-bond acceptors (Lipinski definition) is 4. The Kier molecular flexibility index (Phi) is 4.87. The van der Waals surface area contributed by atoms with Gasteiger partial charge in [-0.25, -0.2) is 9.37 Å². The summed E-state index contributed by atoms with van der Waals surface area (Å²) in [4.78, 5) is 20.7. The van der Waals surface area contributed by atoms with Crippen molar-refractivity contribution in [2.45, 2.75) is 32.2 Å². The van der Waals surface area contributed by atoms with Crippen LogP contribution in [-0.2, 0) is 6.42 Å². The van der Waals surface area contributed by atoms with E-state index in [1.54, 1.807) is 12.1 Å². The lowest BCUT2D eigenvalue weighted by Gasteiger charge is -2.23. The van der Waals surface area contributed by atoms with E-state index in [-0.39, 0.29) is 17.8 Å². The highest BCUT2D eigenvalue weighted by Crippen LogP contribution is 2.33. The summed E-state index contributed by atoms with van der Waals surface area (Å²) in [5, 5.41) is 1.91. The first kappa shape index (κ1) is 19.0. The van der Waals surface area contributed by atoms with Gasteiger partial charge >= 0.3 is 0 Å². The summed E-state index contributed by atoms with van der Waals surface area (Å²) in [6, 6.07) is 16.3. The SMILES string of the molecule is Cc1nc(C(=O)N2CCCC2Cc2cc3ccccc3o2)c(-c2ccc(F)cc2)s1. The molecule has 1 unspecified atom stereocenters. The van der Waals surface area contributed by atoms with Gasteiger partial charge in [-0.15, -0.1) is 11.3 Å². The highest BCUT2D eigenvalue weighted by Gasteiger charge is 2.33. The van der Waals surface area contributed by atoms with Crippen LogP contribution in [0.3, 0.4) is 0 Å². The molecule has 30 heavy (non-hydrogen) atoms. The Morgan fingerprint density at radius 1 is 1.23 bits per heavy atom. The van der Waals surface area contributed by atoms with Gasteiger partial charge in [-0.3, -0.25) is 4.79 Å². The number of rotatable bonds is 4. The molecule has 1 saturated heterocycles. The summed E-state index contributed by atoms with van der Waals surface area (Å²) in [5.41, 5.74) is 2.15. The number of nitrogens with zero attached hydrogens (tertiary/aromatic N) is 2. The second kappa shape index (κ2) is 7.69. The number of benzene rings is 2. The molecule has 4 aromatic rings. The summed E-state index contributed by atoms with van der Waals surface area (Å²) < 4.78 is 19.3. The van der Waals surface area contributed by atoms with Crippen molar-refractivity contribution in [1.82, 2.24) is 9.88 Å². The highest BCUT2D eigenvalue weighted by molar-refractivity contribution is 7.15. The maximum absolute atomic E-state index is 13.5. The molecule has 0 bridgehead atoms. The van der Waals surface area contributed by atoms with Crippen molar-refractivity contribution in [3.63, 3.8) is 0 Å². The Morgan fingerprint density at radius 2 is 2.03 bits per heavy atom. The van der Waals surface area contributed by atoms with Crippen LogP contribution in [-0.4, -0.2) is 28.4 Å². The highest BCUT2D eigenvalue weighted by atomic mass is 32.1. The first-order valence-corrected chi connectivity index (χ1v) is 10.9. The van der Waals surface area contributed by atoms with Crippen LogP contribution in [0, 0.1) is 12.7 Å². The number of likely N-dealkylation sites (tertiary alicyclic amines) is 1. The smallest absolute Gasteiger partial charge is 0.274 e. The van der Waals surface area contributed by atoms with Crippen LogP contribution in [0.2, 0.25) is 0 Å². The summed E-state index contributed by atoms with van der Waals surface area (Å²) in [7, 11) is 0. The van der Waals surface area contributed by atoms with E-state index in [0.717, 1.165) is 45.0 Å². The molecular formula is C24H21FN2O2S. The largest absolute Gasteiger partial charge is 0.461 e. The zero-order valence-corrected chi connectivity index (χ0v) is 17.4. The van der Waals surface area contributed by atoms with Crippen LogP contribution in [0.15, 0.2) is 59.0 Å². The van der Waals surface area contributed by atoms with Crippen molar-refractivity contribution in [3.05, 3.63) is 76.9 Å². The van der Waals surface area contributed by atoms with Gasteiger partial charge in [0.15, 0.2) is 0 Å². The van der Waals surface area contributed by atoms with Gasteiger partial charge in [-0.05, 0) is 49.6 Å². The minimum atomic E-state index is -0.293. The van der Waals surface area contributed by atoms with Crippen molar-refractivity contribution in [1.29, 1.82) is 0 Å². The second-order valence-electron chi connectivity index (χ2n) is 7.67. The van der Waals surface area contributed by atoms with Crippen molar-refractivity contribution in [3.8, 4) is 10.4 Å². The molecule has 1 fully saturated rings. The fourth-order valence-corrected chi connectivity index (χ4v) is 5.11. The minimum Gasteiger partial charge on any atom is -0.461 e. The lowest BCUT2D eigenvalue weighted by molar-refractivity contribution is 0.0729. The molecule has 1 atom stereocenters. The van der Waals surface area contributed by atoms with Gasteiger partial charge < -0.3 is 9.32 Å². The zero-order chi connectivity index (χ0) is 20.7. The number of fused-ring (bicyclic) bond motifs is 1. The molecule has 2 aromatic heterocycles. The number of halogens is 1. The van der Waals surface area contributed by atoms with Crippen LogP contribution in [0.4, 0.5) is 4.39 Å². The minimum absolute atomic E-state index is 0.0581. The van der Waals surface area contributed by atoms with Gasteiger partial charge in [-0.1, -0.05) is 30.3 Å². The Labute approximate surface area is 178 Å². The van der Waals surface area contributed by atoms with Crippen LogP contribution in [0.25, 0.3) is 21.4 Å². The molecule has 4 nitrogen and oxygen atoms in total. The number of carbonyl (C=O) groups is 1. The Bertz CT molecular complexity index is 1180. The van der Waals surface area contributed by atoms with E-state index >= 15 is 0 Å². The topological polar surface area (TPSA) is 46.3 Å².